The molecule has 0 spiro atoms. The van der Waals surface area contributed by atoms with Crippen LogP contribution in [0, 0.1) is 5.82 Å². The zero-order valence-corrected chi connectivity index (χ0v) is 11.4. The Kier molecular flexibility index (Phi) is 6.09. The molecule has 18 heavy (non-hydrogen) atoms. The van der Waals surface area contributed by atoms with Gasteiger partial charge in [0.1, 0.15) is 5.82 Å². The number of amides is 1. The molecule has 3 nitrogen and oxygen atoms in total. The summed E-state index contributed by atoms with van der Waals surface area (Å²) in [5, 5.41) is 3.10. The van der Waals surface area contributed by atoms with Gasteiger partial charge in [-0.05, 0) is 44.8 Å². The minimum atomic E-state index is -0.439. The van der Waals surface area contributed by atoms with Crippen LogP contribution in [-0.2, 0) is 11.2 Å². The molecule has 1 aromatic rings. The SMILES string of the molecule is CN(C)CCCNC(=O)Cc1ccc(Cl)cc1F. The van der Waals surface area contributed by atoms with E-state index in [1.54, 1.807) is 6.07 Å². The van der Waals surface area contributed by atoms with Gasteiger partial charge in [-0.1, -0.05) is 17.7 Å². The van der Waals surface area contributed by atoms with E-state index in [4.69, 9.17) is 11.6 Å². The van der Waals surface area contributed by atoms with E-state index in [2.05, 4.69) is 5.32 Å². The highest BCUT2D eigenvalue weighted by atomic mass is 35.5. The molecule has 0 fully saturated rings. The van der Waals surface area contributed by atoms with Gasteiger partial charge < -0.3 is 10.2 Å². The average Bonchev–Trinajstić information content (AvgIpc) is 2.28. The number of carbonyl (C=O) groups is 1. The van der Waals surface area contributed by atoms with Crippen LogP contribution in [0.15, 0.2) is 18.2 Å². The third-order valence-corrected chi connectivity index (χ3v) is 2.71. The summed E-state index contributed by atoms with van der Waals surface area (Å²) in [5.41, 5.74) is 0.365. The number of halogens is 2. The van der Waals surface area contributed by atoms with E-state index in [1.807, 2.05) is 19.0 Å². The van der Waals surface area contributed by atoms with Crippen molar-refractivity contribution in [2.45, 2.75) is 12.8 Å². The summed E-state index contributed by atoms with van der Waals surface area (Å²) in [6.07, 6.45) is 0.923. The highest BCUT2D eigenvalue weighted by Crippen LogP contribution is 2.14. The summed E-state index contributed by atoms with van der Waals surface area (Å²) in [7, 11) is 3.95. The number of nitrogens with zero attached hydrogens (tertiary/aromatic N) is 1. The number of carbonyl (C=O) groups excluding carboxylic acids is 1. The molecule has 5 heteroatoms. The maximum atomic E-state index is 13.4. The van der Waals surface area contributed by atoms with E-state index in [0.29, 0.717) is 17.1 Å². The Hall–Kier alpha value is -1.13. The van der Waals surface area contributed by atoms with Crippen molar-refractivity contribution < 1.29 is 9.18 Å². The molecule has 0 aliphatic carbocycles. The zero-order valence-electron chi connectivity index (χ0n) is 10.7. The standard InChI is InChI=1S/C13H18ClFN2O/c1-17(2)7-3-6-16-13(18)8-10-4-5-11(14)9-12(10)15/h4-5,9H,3,6-8H2,1-2H3,(H,16,18). The van der Waals surface area contributed by atoms with Crippen molar-refractivity contribution in [1.82, 2.24) is 10.2 Å². The van der Waals surface area contributed by atoms with Crippen molar-refractivity contribution in [3.8, 4) is 0 Å². The van der Waals surface area contributed by atoms with Gasteiger partial charge in [0, 0.05) is 11.6 Å². The van der Waals surface area contributed by atoms with Gasteiger partial charge in [0.2, 0.25) is 5.91 Å². The topological polar surface area (TPSA) is 32.3 Å². The van der Waals surface area contributed by atoms with Crippen LogP contribution in [0.25, 0.3) is 0 Å². The maximum Gasteiger partial charge on any atom is 0.224 e. The van der Waals surface area contributed by atoms with Crippen LogP contribution in [0.4, 0.5) is 4.39 Å². The largest absolute Gasteiger partial charge is 0.356 e. The normalized spacial score (nSPS) is 10.7. The number of nitrogens with one attached hydrogen (secondary N) is 1. The predicted molar refractivity (Wildman–Crippen MR) is 71.3 cm³/mol. The van der Waals surface area contributed by atoms with Crippen LogP contribution >= 0.6 is 11.6 Å². The molecule has 1 aromatic carbocycles. The molecular formula is C13H18ClFN2O. The van der Waals surface area contributed by atoms with Crippen molar-refractivity contribution in [1.29, 1.82) is 0 Å². The van der Waals surface area contributed by atoms with Crippen LogP contribution < -0.4 is 5.32 Å². The second-order valence-corrected chi connectivity index (χ2v) is 4.86. The summed E-state index contributed by atoms with van der Waals surface area (Å²) >= 11 is 5.64. The van der Waals surface area contributed by atoms with Gasteiger partial charge in [-0.3, -0.25) is 4.79 Å². The first-order valence-corrected chi connectivity index (χ1v) is 6.22. The van der Waals surface area contributed by atoms with Crippen LogP contribution in [0.1, 0.15) is 12.0 Å². The fourth-order valence-corrected chi connectivity index (χ4v) is 1.68. The van der Waals surface area contributed by atoms with E-state index in [1.165, 1.54) is 12.1 Å². The first-order valence-electron chi connectivity index (χ1n) is 5.84. The highest BCUT2D eigenvalue weighted by molar-refractivity contribution is 6.30. The monoisotopic (exact) mass is 272 g/mol. The molecule has 0 atom stereocenters. The van der Waals surface area contributed by atoms with Crippen molar-refractivity contribution in [2.24, 2.45) is 0 Å². The first-order chi connectivity index (χ1) is 8.49. The smallest absolute Gasteiger partial charge is 0.224 e. The first kappa shape index (κ1) is 14.9. The summed E-state index contributed by atoms with van der Waals surface area (Å²) in [4.78, 5) is 13.6. The summed E-state index contributed by atoms with van der Waals surface area (Å²) < 4.78 is 13.4. The summed E-state index contributed by atoms with van der Waals surface area (Å²) in [5.74, 6) is -0.610. The molecule has 0 bridgehead atoms. The predicted octanol–water partition coefficient (Wildman–Crippen LogP) is 2.09. The number of hydrogen-bond donors (Lipinski definition) is 1. The molecule has 1 rings (SSSR count). The van der Waals surface area contributed by atoms with E-state index in [0.717, 1.165) is 13.0 Å². The van der Waals surface area contributed by atoms with Gasteiger partial charge in [0.05, 0.1) is 6.42 Å². The fourth-order valence-electron chi connectivity index (χ4n) is 1.52. The van der Waals surface area contributed by atoms with Gasteiger partial charge in [-0.15, -0.1) is 0 Å². The summed E-state index contributed by atoms with van der Waals surface area (Å²) in [6.45, 7) is 1.52. The van der Waals surface area contributed by atoms with E-state index in [9.17, 15) is 9.18 Å². The Bertz CT molecular complexity index is 410. The lowest BCUT2D eigenvalue weighted by Gasteiger charge is -2.10. The average molecular weight is 273 g/mol. The molecule has 0 heterocycles. The van der Waals surface area contributed by atoms with Gasteiger partial charge in [0.15, 0.2) is 0 Å². The summed E-state index contributed by atoms with van der Waals surface area (Å²) in [6, 6.07) is 4.34. The van der Waals surface area contributed by atoms with Crippen LogP contribution in [0.5, 0.6) is 0 Å². The number of benzene rings is 1. The van der Waals surface area contributed by atoms with E-state index >= 15 is 0 Å². The lowest BCUT2D eigenvalue weighted by Crippen LogP contribution is -2.28. The van der Waals surface area contributed by atoms with Crippen LogP contribution in [0.3, 0.4) is 0 Å². The number of hydrogen-bond acceptors (Lipinski definition) is 2. The Morgan fingerprint density at radius 2 is 2.17 bits per heavy atom. The molecular weight excluding hydrogens is 255 g/mol. The third-order valence-electron chi connectivity index (χ3n) is 2.47. The Morgan fingerprint density at radius 1 is 1.44 bits per heavy atom. The van der Waals surface area contributed by atoms with Crippen molar-refractivity contribution in [3.63, 3.8) is 0 Å². The molecule has 1 N–H and O–H groups in total. The van der Waals surface area contributed by atoms with Gasteiger partial charge in [-0.25, -0.2) is 4.39 Å². The minimum absolute atomic E-state index is 0.0466. The van der Waals surface area contributed by atoms with Gasteiger partial charge in [-0.2, -0.15) is 0 Å². The second kappa shape index (κ2) is 7.34. The zero-order chi connectivity index (χ0) is 13.5. The quantitative estimate of drug-likeness (QED) is 0.805. The molecule has 0 unspecified atom stereocenters. The van der Waals surface area contributed by atoms with Crippen molar-refractivity contribution in [2.75, 3.05) is 27.2 Å². The van der Waals surface area contributed by atoms with Gasteiger partial charge >= 0.3 is 0 Å². The Labute approximate surface area is 112 Å². The fraction of sp³-hybridized carbons (Fsp3) is 0.462. The maximum absolute atomic E-state index is 13.4. The molecule has 0 aliphatic rings. The van der Waals surface area contributed by atoms with Crippen molar-refractivity contribution in [3.05, 3.63) is 34.6 Å². The van der Waals surface area contributed by atoms with E-state index < -0.39 is 5.82 Å². The Balaban J connectivity index is 2.35. The van der Waals surface area contributed by atoms with Crippen LogP contribution in [0.2, 0.25) is 5.02 Å². The molecule has 0 saturated carbocycles. The lowest BCUT2D eigenvalue weighted by molar-refractivity contribution is -0.120. The lowest BCUT2D eigenvalue weighted by atomic mass is 10.1. The minimum Gasteiger partial charge on any atom is -0.356 e. The molecule has 1 amide bonds. The molecule has 0 saturated heterocycles. The second-order valence-electron chi connectivity index (χ2n) is 4.42. The van der Waals surface area contributed by atoms with Gasteiger partial charge in [0.25, 0.3) is 0 Å². The van der Waals surface area contributed by atoms with Crippen molar-refractivity contribution >= 4 is 17.5 Å². The Morgan fingerprint density at radius 3 is 2.78 bits per heavy atom. The molecule has 0 aromatic heterocycles. The third kappa shape index (κ3) is 5.47. The molecule has 0 radical (unpaired) electrons. The van der Waals surface area contributed by atoms with Crippen LogP contribution in [-0.4, -0.2) is 38.0 Å². The number of rotatable bonds is 6. The molecule has 0 aliphatic heterocycles. The molecule has 100 valence electrons. The highest BCUT2D eigenvalue weighted by Gasteiger charge is 2.08. The van der Waals surface area contributed by atoms with E-state index in [-0.39, 0.29) is 12.3 Å².